The average Bonchev–Trinajstić information content (AvgIpc) is 2.28. The molecule has 1 atom stereocenters. The van der Waals surface area contributed by atoms with Crippen molar-refractivity contribution in [3.63, 3.8) is 0 Å². The fourth-order valence-electron chi connectivity index (χ4n) is 1.39. The summed E-state index contributed by atoms with van der Waals surface area (Å²) < 4.78 is 25.6. The van der Waals surface area contributed by atoms with Gasteiger partial charge in [0.2, 0.25) is 0 Å². The lowest BCUT2D eigenvalue weighted by molar-refractivity contribution is 0.506. The zero-order chi connectivity index (χ0) is 12.0. The van der Waals surface area contributed by atoms with Crippen LogP contribution in [0.4, 0.5) is 8.78 Å². The van der Waals surface area contributed by atoms with Gasteiger partial charge in [0.1, 0.15) is 0 Å². The smallest absolute Gasteiger partial charge is 0.159 e. The summed E-state index contributed by atoms with van der Waals surface area (Å²) in [4.78, 5) is 0.793. The van der Waals surface area contributed by atoms with Crippen LogP contribution in [0.25, 0.3) is 0 Å². The molecule has 0 heterocycles. The molecule has 0 saturated heterocycles. The van der Waals surface area contributed by atoms with Gasteiger partial charge in [-0.1, -0.05) is 29.3 Å². The maximum absolute atomic E-state index is 12.9. The molecule has 1 aromatic carbocycles. The van der Waals surface area contributed by atoms with E-state index in [4.69, 9.17) is 0 Å². The molecule has 0 radical (unpaired) electrons. The predicted octanol–water partition coefficient (Wildman–Crippen LogP) is 4.87. The van der Waals surface area contributed by atoms with Crippen LogP contribution in [-0.2, 0) is 0 Å². The van der Waals surface area contributed by atoms with E-state index in [1.54, 1.807) is 17.8 Å². The zero-order valence-electron chi connectivity index (χ0n) is 9.18. The Kier molecular flexibility index (Phi) is 6.36. The minimum Gasteiger partial charge on any atom is -0.204 e. The fraction of sp³-hybridized carbons (Fsp3) is 0.500. The lowest BCUT2D eigenvalue weighted by Crippen LogP contribution is -2.04. The molecule has 1 rings (SSSR count). The monoisotopic (exact) mass is 308 g/mol. The maximum Gasteiger partial charge on any atom is 0.159 e. The van der Waals surface area contributed by atoms with Crippen LogP contribution in [0.1, 0.15) is 19.8 Å². The first-order chi connectivity index (χ1) is 7.67. The summed E-state index contributed by atoms with van der Waals surface area (Å²) in [6.07, 6.45) is 2.30. The van der Waals surface area contributed by atoms with E-state index < -0.39 is 11.6 Å². The third-order valence-electron chi connectivity index (χ3n) is 2.29. The Morgan fingerprint density at radius 2 is 2.06 bits per heavy atom. The summed E-state index contributed by atoms with van der Waals surface area (Å²) in [5, 5.41) is 0.956. The van der Waals surface area contributed by atoms with Crippen LogP contribution in [0, 0.1) is 17.6 Å². The quantitative estimate of drug-likeness (QED) is 0.534. The van der Waals surface area contributed by atoms with Gasteiger partial charge in [-0.25, -0.2) is 8.78 Å². The number of alkyl halides is 1. The number of hydrogen-bond donors (Lipinski definition) is 0. The molecular formula is C12H15BrF2S. The van der Waals surface area contributed by atoms with Gasteiger partial charge < -0.3 is 0 Å². The van der Waals surface area contributed by atoms with Crippen molar-refractivity contribution in [1.82, 2.24) is 0 Å². The van der Waals surface area contributed by atoms with Gasteiger partial charge in [-0.2, -0.15) is 0 Å². The minimum atomic E-state index is -0.782. The van der Waals surface area contributed by atoms with Crippen molar-refractivity contribution >= 4 is 27.7 Å². The standard InChI is InChI=1S/C12H15BrF2S/c1-2-3-9(7-13)8-16-10-4-5-11(14)12(15)6-10/h4-6,9H,2-3,7-8H2,1H3. The molecule has 0 nitrogen and oxygen atoms in total. The Morgan fingerprint density at radius 1 is 1.31 bits per heavy atom. The largest absolute Gasteiger partial charge is 0.204 e. The molecule has 0 aromatic heterocycles. The average molecular weight is 309 g/mol. The van der Waals surface area contributed by atoms with E-state index in [0.29, 0.717) is 5.92 Å². The number of benzene rings is 1. The van der Waals surface area contributed by atoms with Gasteiger partial charge in [0.25, 0.3) is 0 Å². The Morgan fingerprint density at radius 3 is 2.62 bits per heavy atom. The van der Waals surface area contributed by atoms with Crippen molar-refractivity contribution in [3.05, 3.63) is 29.8 Å². The Balaban J connectivity index is 2.50. The molecule has 0 N–H and O–H groups in total. The third kappa shape index (κ3) is 4.42. The summed E-state index contributed by atoms with van der Waals surface area (Å²) in [6, 6.07) is 4.07. The molecule has 16 heavy (non-hydrogen) atoms. The van der Waals surface area contributed by atoms with Crippen molar-refractivity contribution in [2.24, 2.45) is 5.92 Å². The highest BCUT2D eigenvalue weighted by Crippen LogP contribution is 2.25. The third-order valence-corrected chi connectivity index (χ3v) is 4.43. The van der Waals surface area contributed by atoms with E-state index in [9.17, 15) is 8.78 Å². The highest BCUT2D eigenvalue weighted by Gasteiger charge is 2.08. The minimum absolute atomic E-state index is 0.586. The van der Waals surface area contributed by atoms with E-state index in [1.807, 2.05) is 0 Å². The lowest BCUT2D eigenvalue weighted by Gasteiger charge is -2.12. The molecular weight excluding hydrogens is 294 g/mol. The predicted molar refractivity (Wildman–Crippen MR) is 69.3 cm³/mol. The van der Waals surface area contributed by atoms with Gasteiger partial charge in [0.15, 0.2) is 11.6 Å². The molecule has 1 unspecified atom stereocenters. The first-order valence-electron chi connectivity index (χ1n) is 5.31. The SMILES string of the molecule is CCCC(CBr)CSc1ccc(F)c(F)c1. The van der Waals surface area contributed by atoms with E-state index >= 15 is 0 Å². The first-order valence-corrected chi connectivity index (χ1v) is 7.41. The summed E-state index contributed by atoms with van der Waals surface area (Å²) in [5.41, 5.74) is 0. The summed E-state index contributed by atoms with van der Waals surface area (Å²) in [7, 11) is 0. The van der Waals surface area contributed by atoms with E-state index in [-0.39, 0.29) is 0 Å². The van der Waals surface area contributed by atoms with Crippen LogP contribution in [0.3, 0.4) is 0 Å². The van der Waals surface area contributed by atoms with Gasteiger partial charge in [-0.3, -0.25) is 0 Å². The second kappa shape index (κ2) is 7.28. The molecule has 0 spiro atoms. The maximum atomic E-state index is 12.9. The molecule has 0 aliphatic carbocycles. The number of thioether (sulfide) groups is 1. The van der Waals surface area contributed by atoms with Crippen molar-refractivity contribution in [2.45, 2.75) is 24.7 Å². The second-order valence-electron chi connectivity index (χ2n) is 3.70. The van der Waals surface area contributed by atoms with Crippen molar-refractivity contribution in [3.8, 4) is 0 Å². The molecule has 0 saturated carbocycles. The van der Waals surface area contributed by atoms with Gasteiger partial charge in [0, 0.05) is 16.0 Å². The number of rotatable bonds is 6. The highest BCUT2D eigenvalue weighted by molar-refractivity contribution is 9.09. The molecule has 0 amide bonds. The second-order valence-corrected chi connectivity index (χ2v) is 5.44. The van der Waals surface area contributed by atoms with Gasteiger partial charge >= 0.3 is 0 Å². The molecule has 0 fully saturated rings. The van der Waals surface area contributed by atoms with Gasteiger partial charge in [-0.05, 0) is 30.5 Å². The van der Waals surface area contributed by atoms with Crippen LogP contribution in [0.15, 0.2) is 23.1 Å². The Bertz CT molecular complexity index is 331. The summed E-state index contributed by atoms with van der Waals surface area (Å²) in [5.74, 6) is -0.0293. The van der Waals surface area contributed by atoms with Crippen LogP contribution in [0.2, 0.25) is 0 Å². The molecule has 1 aromatic rings. The highest BCUT2D eigenvalue weighted by atomic mass is 79.9. The first kappa shape index (κ1) is 14.0. The molecule has 0 aliphatic heterocycles. The fourth-order valence-corrected chi connectivity index (χ4v) is 3.31. The van der Waals surface area contributed by atoms with Crippen molar-refractivity contribution in [2.75, 3.05) is 11.1 Å². The van der Waals surface area contributed by atoms with Crippen LogP contribution in [0.5, 0.6) is 0 Å². The van der Waals surface area contributed by atoms with Crippen LogP contribution >= 0.6 is 27.7 Å². The lowest BCUT2D eigenvalue weighted by atomic mass is 10.1. The molecule has 90 valence electrons. The number of hydrogen-bond acceptors (Lipinski definition) is 1. The molecule has 0 aliphatic rings. The molecule has 0 bridgehead atoms. The van der Waals surface area contributed by atoms with Crippen LogP contribution in [-0.4, -0.2) is 11.1 Å². The Labute approximate surface area is 108 Å². The molecule has 4 heteroatoms. The topological polar surface area (TPSA) is 0 Å². The van der Waals surface area contributed by atoms with E-state index in [2.05, 4.69) is 22.9 Å². The van der Waals surface area contributed by atoms with E-state index in [1.165, 1.54) is 12.1 Å². The Hall–Kier alpha value is -0.0900. The van der Waals surface area contributed by atoms with Gasteiger partial charge in [-0.15, -0.1) is 11.8 Å². The number of halogens is 3. The summed E-state index contributed by atoms with van der Waals surface area (Å²) in [6.45, 7) is 2.15. The van der Waals surface area contributed by atoms with Crippen molar-refractivity contribution in [1.29, 1.82) is 0 Å². The zero-order valence-corrected chi connectivity index (χ0v) is 11.6. The summed E-state index contributed by atoms with van der Waals surface area (Å²) >= 11 is 5.05. The van der Waals surface area contributed by atoms with Crippen molar-refractivity contribution < 1.29 is 8.78 Å². The van der Waals surface area contributed by atoms with Crippen LogP contribution < -0.4 is 0 Å². The normalized spacial score (nSPS) is 12.8. The van der Waals surface area contributed by atoms with Gasteiger partial charge in [0.05, 0.1) is 0 Å². The van der Waals surface area contributed by atoms with E-state index in [0.717, 1.165) is 28.8 Å².